The molecule has 0 saturated carbocycles. The summed E-state index contributed by atoms with van der Waals surface area (Å²) in [6, 6.07) is 14.4. The molecule has 3 rings (SSSR count). The highest BCUT2D eigenvalue weighted by Crippen LogP contribution is 2.35. The summed E-state index contributed by atoms with van der Waals surface area (Å²) >= 11 is 14.4. The number of halogens is 3. The summed E-state index contributed by atoms with van der Waals surface area (Å²) in [4.78, 5) is 24.3. The highest BCUT2D eigenvalue weighted by molar-refractivity contribution is 14.1. The van der Waals surface area contributed by atoms with E-state index >= 15 is 0 Å². The number of rotatable bonds is 10. The third kappa shape index (κ3) is 8.62. The summed E-state index contributed by atoms with van der Waals surface area (Å²) in [6.07, 6.45) is 1.12. The van der Waals surface area contributed by atoms with Crippen LogP contribution in [0.2, 0.25) is 10.0 Å². The largest absolute Gasteiger partial charge is 0.490 e. The summed E-state index contributed by atoms with van der Waals surface area (Å²) in [7, 11) is 0. The predicted octanol–water partition coefficient (Wildman–Crippen LogP) is 6.67. The number of nitrogens with one attached hydrogen (secondary N) is 2. The van der Waals surface area contributed by atoms with E-state index in [1.165, 1.54) is 6.21 Å². The number of carbonyl (C=O) groups is 2. The van der Waals surface area contributed by atoms with Gasteiger partial charge in [0.15, 0.2) is 11.5 Å². The van der Waals surface area contributed by atoms with E-state index in [4.69, 9.17) is 32.7 Å². The van der Waals surface area contributed by atoms with Gasteiger partial charge in [-0.05, 0) is 96.5 Å². The van der Waals surface area contributed by atoms with E-state index in [0.29, 0.717) is 39.4 Å². The van der Waals surface area contributed by atoms with Crippen molar-refractivity contribution in [2.45, 2.75) is 33.8 Å². The lowest BCUT2D eigenvalue weighted by Gasteiger charge is -2.15. The van der Waals surface area contributed by atoms with Crippen LogP contribution in [-0.2, 0) is 16.2 Å². The summed E-state index contributed by atoms with van der Waals surface area (Å²) in [5, 5.41) is 7.76. The minimum absolute atomic E-state index is 0.236. The van der Waals surface area contributed by atoms with Gasteiger partial charge in [-0.1, -0.05) is 35.3 Å². The van der Waals surface area contributed by atoms with Gasteiger partial charge < -0.3 is 14.8 Å². The first kappa shape index (κ1) is 28.7. The predicted molar refractivity (Wildman–Crippen MR) is 156 cm³/mol. The van der Waals surface area contributed by atoms with Gasteiger partial charge in [0, 0.05) is 21.3 Å². The fourth-order valence-electron chi connectivity index (χ4n) is 3.24. The van der Waals surface area contributed by atoms with E-state index in [-0.39, 0.29) is 13.0 Å². The molecule has 7 nitrogen and oxygen atoms in total. The second kappa shape index (κ2) is 13.6. The summed E-state index contributed by atoms with van der Waals surface area (Å²) in [5.41, 5.74) is 6.68. The molecule has 0 radical (unpaired) electrons. The highest BCUT2D eigenvalue weighted by Gasteiger charge is 2.14. The van der Waals surface area contributed by atoms with Crippen LogP contribution in [0.3, 0.4) is 0 Å². The Labute approximate surface area is 239 Å². The molecule has 3 aromatic carbocycles. The van der Waals surface area contributed by atoms with Crippen LogP contribution < -0.4 is 20.2 Å². The molecule has 0 aliphatic carbocycles. The molecule has 2 amide bonds. The SMILES string of the molecule is CCOc1cc(C=NNC(=O)CC(=O)Nc2ccc(C)c(C)c2)cc(I)c1OCc1ccc(Cl)cc1Cl. The molecule has 0 atom stereocenters. The molecule has 0 fully saturated rings. The summed E-state index contributed by atoms with van der Waals surface area (Å²) in [5.74, 6) is 0.140. The number of anilines is 1. The van der Waals surface area contributed by atoms with E-state index in [9.17, 15) is 9.59 Å². The number of carbonyl (C=O) groups excluding carboxylic acids is 2. The van der Waals surface area contributed by atoms with E-state index in [1.807, 2.05) is 45.0 Å². The van der Waals surface area contributed by atoms with Crippen molar-refractivity contribution in [3.05, 3.63) is 84.4 Å². The van der Waals surface area contributed by atoms with Gasteiger partial charge in [0.2, 0.25) is 11.8 Å². The lowest BCUT2D eigenvalue weighted by atomic mass is 10.1. The second-order valence-corrected chi connectivity index (χ2v) is 10.1. The number of hydrazone groups is 1. The number of amides is 2. The highest BCUT2D eigenvalue weighted by atomic mass is 127. The van der Waals surface area contributed by atoms with E-state index in [1.54, 1.807) is 24.3 Å². The monoisotopic (exact) mass is 653 g/mol. The lowest BCUT2D eigenvalue weighted by Crippen LogP contribution is -2.24. The van der Waals surface area contributed by atoms with Crippen LogP contribution in [0.4, 0.5) is 5.69 Å². The first-order valence-electron chi connectivity index (χ1n) is 11.4. The smallest absolute Gasteiger partial charge is 0.249 e. The van der Waals surface area contributed by atoms with Crippen molar-refractivity contribution in [3.8, 4) is 11.5 Å². The van der Waals surface area contributed by atoms with Crippen molar-refractivity contribution in [1.82, 2.24) is 5.43 Å². The average molecular weight is 654 g/mol. The number of nitrogens with zero attached hydrogens (tertiary/aromatic N) is 1. The normalized spacial score (nSPS) is 10.9. The van der Waals surface area contributed by atoms with Crippen LogP contribution in [0.15, 0.2) is 53.6 Å². The number of hydrogen-bond donors (Lipinski definition) is 2. The Hall–Kier alpha value is -2.82. The summed E-state index contributed by atoms with van der Waals surface area (Å²) in [6.45, 7) is 6.48. The Kier molecular flexibility index (Phi) is 10.6. The van der Waals surface area contributed by atoms with Crippen LogP contribution >= 0.6 is 45.8 Å². The molecule has 0 saturated heterocycles. The third-order valence-electron chi connectivity index (χ3n) is 5.23. The van der Waals surface area contributed by atoms with Crippen LogP contribution in [0.1, 0.15) is 35.6 Å². The maximum atomic E-state index is 12.2. The Morgan fingerprint density at radius 3 is 2.49 bits per heavy atom. The van der Waals surface area contributed by atoms with Crippen molar-refractivity contribution < 1.29 is 19.1 Å². The number of ether oxygens (including phenoxy) is 2. The Bertz CT molecular complexity index is 1330. The molecule has 0 bridgehead atoms. The molecule has 194 valence electrons. The molecule has 2 N–H and O–H groups in total. The minimum Gasteiger partial charge on any atom is -0.490 e. The average Bonchev–Trinajstić information content (AvgIpc) is 2.82. The van der Waals surface area contributed by atoms with Gasteiger partial charge in [0.05, 0.1) is 16.4 Å². The van der Waals surface area contributed by atoms with Gasteiger partial charge in [-0.3, -0.25) is 9.59 Å². The fourth-order valence-corrected chi connectivity index (χ4v) is 4.49. The maximum Gasteiger partial charge on any atom is 0.249 e. The molecule has 0 aliphatic heterocycles. The van der Waals surface area contributed by atoms with Gasteiger partial charge in [0.25, 0.3) is 0 Å². The van der Waals surface area contributed by atoms with Crippen molar-refractivity contribution in [1.29, 1.82) is 0 Å². The Morgan fingerprint density at radius 2 is 1.78 bits per heavy atom. The van der Waals surface area contributed by atoms with Crippen molar-refractivity contribution >= 4 is 69.5 Å². The molecule has 0 heterocycles. The van der Waals surface area contributed by atoms with Crippen molar-refractivity contribution in [2.75, 3.05) is 11.9 Å². The standard InChI is InChI=1S/C27H26Cl2IN3O4/c1-4-36-24-11-18(10-23(30)27(24)37-15-19-6-7-20(28)12-22(19)29)14-31-33-26(35)13-25(34)32-21-8-5-16(2)17(3)9-21/h5-12,14H,4,13,15H2,1-3H3,(H,32,34)(H,33,35). The molecule has 0 aromatic heterocycles. The number of aryl methyl sites for hydroxylation is 2. The Morgan fingerprint density at radius 1 is 1.00 bits per heavy atom. The number of benzene rings is 3. The van der Waals surface area contributed by atoms with Gasteiger partial charge in [-0.2, -0.15) is 5.10 Å². The maximum absolute atomic E-state index is 12.2. The zero-order valence-corrected chi connectivity index (χ0v) is 24.2. The van der Waals surface area contributed by atoms with Crippen LogP contribution in [0, 0.1) is 17.4 Å². The zero-order chi connectivity index (χ0) is 26.9. The van der Waals surface area contributed by atoms with Crippen molar-refractivity contribution in [2.24, 2.45) is 5.10 Å². The van der Waals surface area contributed by atoms with Crippen LogP contribution in [0.25, 0.3) is 0 Å². The minimum atomic E-state index is -0.530. The van der Waals surface area contributed by atoms with Gasteiger partial charge >= 0.3 is 0 Å². The first-order chi connectivity index (χ1) is 17.7. The van der Waals surface area contributed by atoms with Gasteiger partial charge in [-0.25, -0.2) is 5.43 Å². The van der Waals surface area contributed by atoms with E-state index < -0.39 is 11.8 Å². The Balaban J connectivity index is 1.61. The van der Waals surface area contributed by atoms with Gasteiger partial charge in [-0.15, -0.1) is 0 Å². The molecular formula is C27H26Cl2IN3O4. The molecular weight excluding hydrogens is 628 g/mol. The van der Waals surface area contributed by atoms with Crippen LogP contribution in [-0.4, -0.2) is 24.6 Å². The van der Waals surface area contributed by atoms with Gasteiger partial charge in [0.1, 0.15) is 13.0 Å². The first-order valence-corrected chi connectivity index (χ1v) is 13.2. The topological polar surface area (TPSA) is 89.0 Å². The van der Waals surface area contributed by atoms with Crippen LogP contribution in [0.5, 0.6) is 11.5 Å². The molecule has 3 aromatic rings. The zero-order valence-electron chi connectivity index (χ0n) is 20.5. The molecule has 0 unspecified atom stereocenters. The van der Waals surface area contributed by atoms with E-state index in [2.05, 4.69) is 38.4 Å². The van der Waals surface area contributed by atoms with E-state index in [0.717, 1.165) is 20.3 Å². The molecule has 0 aliphatic rings. The number of hydrogen-bond acceptors (Lipinski definition) is 5. The van der Waals surface area contributed by atoms with Crippen molar-refractivity contribution in [3.63, 3.8) is 0 Å². The summed E-state index contributed by atoms with van der Waals surface area (Å²) < 4.78 is 12.6. The quantitative estimate of drug-likeness (QED) is 0.111. The third-order valence-corrected chi connectivity index (χ3v) is 6.62. The molecule has 10 heteroatoms. The fraction of sp³-hybridized carbons (Fsp3) is 0.222. The molecule has 37 heavy (non-hydrogen) atoms. The lowest BCUT2D eigenvalue weighted by molar-refractivity contribution is -0.126. The second-order valence-electron chi connectivity index (χ2n) is 8.10. The molecule has 0 spiro atoms.